The normalized spacial score (nSPS) is 14.7. The van der Waals surface area contributed by atoms with Gasteiger partial charge in [-0.3, -0.25) is 0 Å². The van der Waals surface area contributed by atoms with E-state index in [1.165, 1.54) is 6.08 Å². The van der Waals surface area contributed by atoms with Gasteiger partial charge in [0.05, 0.1) is 12.7 Å². The van der Waals surface area contributed by atoms with Gasteiger partial charge >= 0.3 is 5.97 Å². The quantitative estimate of drug-likeness (QED) is 0.669. The number of hydrogen-bond donors (Lipinski definition) is 1. The fourth-order valence-electron chi connectivity index (χ4n) is 0.708. The first-order chi connectivity index (χ1) is 5.93. The molecule has 0 aromatic rings. The Balaban J connectivity index is 3.82. The van der Waals surface area contributed by atoms with Crippen LogP contribution < -0.4 is 0 Å². The molecule has 0 aliphatic rings. The van der Waals surface area contributed by atoms with Gasteiger partial charge in [-0.05, 0) is 25.3 Å². The van der Waals surface area contributed by atoms with Crippen LogP contribution in [0.4, 0.5) is 0 Å². The molecule has 13 heavy (non-hydrogen) atoms. The summed E-state index contributed by atoms with van der Waals surface area (Å²) < 4.78 is 5.43. The molecule has 1 N–H and O–H groups in total. The highest BCUT2D eigenvalue weighted by Gasteiger charge is 2.06. The summed E-state index contributed by atoms with van der Waals surface area (Å²) in [6, 6.07) is 0. The number of hydrogen-bond acceptors (Lipinski definition) is 2. The van der Waals surface area contributed by atoms with Crippen molar-refractivity contribution in [3.05, 3.63) is 11.6 Å². The minimum absolute atomic E-state index is 0.164. The van der Waals surface area contributed by atoms with Crippen LogP contribution in [0.1, 0.15) is 27.7 Å². The molecule has 3 heteroatoms. The molecule has 0 saturated carbocycles. The zero-order chi connectivity index (χ0) is 10.4. The SMILES string of the molecule is CC(=CC(=O)O)COC(C)C(C)C. The molecule has 76 valence electrons. The monoisotopic (exact) mass is 186 g/mol. The highest BCUT2D eigenvalue weighted by Crippen LogP contribution is 2.06. The molecule has 0 saturated heterocycles. The van der Waals surface area contributed by atoms with Crippen LogP contribution in [0.2, 0.25) is 0 Å². The van der Waals surface area contributed by atoms with Crippen LogP contribution >= 0.6 is 0 Å². The fourth-order valence-corrected chi connectivity index (χ4v) is 0.708. The predicted octanol–water partition coefficient (Wildman–Crippen LogP) is 2.08. The molecule has 0 rings (SSSR count). The zero-order valence-electron chi connectivity index (χ0n) is 8.70. The van der Waals surface area contributed by atoms with Gasteiger partial charge in [0, 0.05) is 6.08 Å². The second-order valence-corrected chi connectivity index (χ2v) is 3.59. The van der Waals surface area contributed by atoms with Gasteiger partial charge in [0.2, 0.25) is 0 Å². The van der Waals surface area contributed by atoms with E-state index in [2.05, 4.69) is 13.8 Å². The Kier molecular flexibility index (Phi) is 5.39. The Hall–Kier alpha value is -0.830. The van der Waals surface area contributed by atoms with E-state index in [-0.39, 0.29) is 6.10 Å². The van der Waals surface area contributed by atoms with Gasteiger partial charge in [-0.15, -0.1) is 0 Å². The van der Waals surface area contributed by atoms with E-state index >= 15 is 0 Å². The lowest BCUT2D eigenvalue weighted by Crippen LogP contribution is -2.16. The van der Waals surface area contributed by atoms with Crippen molar-refractivity contribution in [1.82, 2.24) is 0 Å². The molecule has 1 unspecified atom stereocenters. The molecule has 0 radical (unpaired) electrons. The predicted molar refractivity (Wildman–Crippen MR) is 51.6 cm³/mol. The number of carbonyl (C=O) groups is 1. The van der Waals surface area contributed by atoms with Crippen molar-refractivity contribution in [3.63, 3.8) is 0 Å². The summed E-state index contributed by atoms with van der Waals surface area (Å²) in [6.45, 7) is 8.27. The van der Waals surface area contributed by atoms with Gasteiger partial charge in [-0.1, -0.05) is 13.8 Å². The molecule has 0 fully saturated rings. The number of aliphatic carboxylic acids is 1. The van der Waals surface area contributed by atoms with E-state index in [1.807, 2.05) is 6.92 Å². The molecule has 0 heterocycles. The lowest BCUT2D eigenvalue weighted by Gasteiger charge is -2.16. The van der Waals surface area contributed by atoms with Crippen LogP contribution in [-0.2, 0) is 9.53 Å². The fraction of sp³-hybridized carbons (Fsp3) is 0.700. The van der Waals surface area contributed by atoms with E-state index in [9.17, 15) is 4.79 Å². The largest absolute Gasteiger partial charge is 0.478 e. The van der Waals surface area contributed by atoms with E-state index in [0.29, 0.717) is 12.5 Å². The lowest BCUT2D eigenvalue weighted by atomic mass is 10.1. The third kappa shape index (κ3) is 6.34. The molecule has 0 bridgehead atoms. The summed E-state index contributed by atoms with van der Waals surface area (Å²) in [5.74, 6) is -0.462. The maximum Gasteiger partial charge on any atom is 0.328 e. The third-order valence-corrected chi connectivity index (χ3v) is 1.88. The molecule has 0 aromatic carbocycles. The number of rotatable bonds is 5. The number of ether oxygens (including phenoxy) is 1. The van der Waals surface area contributed by atoms with Crippen molar-refractivity contribution in [2.45, 2.75) is 33.8 Å². The summed E-state index contributed by atoms with van der Waals surface area (Å²) in [5.41, 5.74) is 0.736. The molecule has 1 atom stereocenters. The van der Waals surface area contributed by atoms with Gasteiger partial charge in [-0.2, -0.15) is 0 Å². The smallest absolute Gasteiger partial charge is 0.328 e. The van der Waals surface area contributed by atoms with E-state index < -0.39 is 5.97 Å². The van der Waals surface area contributed by atoms with Gasteiger partial charge in [0.15, 0.2) is 0 Å². The Labute approximate surface area is 79.4 Å². The van der Waals surface area contributed by atoms with Crippen molar-refractivity contribution in [2.75, 3.05) is 6.61 Å². The maximum atomic E-state index is 10.3. The highest BCUT2D eigenvalue weighted by molar-refractivity contribution is 5.80. The standard InChI is InChI=1S/C10H18O3/c1-7(2)9(4)13-6-8(3)5-10(11)12/h5,7,9H,6H2,1-4H3,(H,11,12). The summed E-state index contributed by atoms with van der Waals surface area (Å²) in [4.78, 5) is 10.3. The summed E-state index contributed by atoms with van der Waals surface area (Å²) in [5, 5.41) is 8.43. The molecular weight excluding hydrogens is 168 g/mol. The van der Waals surface area contributed by atoms with Crippen LogP contribution in [0.25, 0.3) is 0 Å². The first kappa shape index (κ1) is 12.2. The van der Waals surface area contributed by atoms with Crippen LogP contribution in [0.5, 0.6) is 0 Å². The van der Waals surface area contributed by atoms with Crippen molar-refractivity contribution >= 4 is 5.97 Å². The van der Waals surface area contributed by atoms with Crippen LogP contribution in [0, 0.1) is 5.92 Å². The Morgan fingerprint density at radius 2 is 2.00 bits per heavy atom. The molecule has 0 aliphatic heterocycles. The van der Waals surface area contributed by atoms with Crippen LogP contribution in [0.3, 0.4) is 0 Å². The minimum Gasteiger partial charge on any atom is -0.478 e. The number of carboxylic acid groups (broad SMARTS) is 1. The molecule has 0 aliphatic carbocycles. The molecule has 3 nitrogen and oxygen atoms in total. The molecule has 0 aromatic heterocycles. The molecular formula is C10H18O3. The first-order valence-corrected chi connectivity index (χ1v) is 4.45. The Morgan fingerprint density at radius 3 is 2.38 bits per heavy atom. The van der Waals surface area contributed by atoms with Gasteiger partial charge in [0.1, 0.15) is 0 Å². The van der Waals surface area contributed by atoms with Crippen LogP contribution in [-0.4, -0.2) is 23.8 Å². The van der Waals surface area contributed by atoms with Crippen molar-refractivity contribution in [1.29, 1.82) is 0 Å². The van der Waals surface area contributed by atoms with Crippen molar-refractivity contribution < 1.29 is 14.6 Å². The number of carboxylic acids is 1. The highest BCUT2D eigenvalue weighted by atomic mass is 16.5. The molecule has 0 spiro atoms. The van der Waals surface area contributed by atoms with E-state index in [1.54, 1.807) is 6.92 Å². The van der Waals surface area contributed by atoms with Crippen LogP contribution in [0.15, 0.2) is 11.6 Å². The lowest BCUT2D eigenvalue weighted by molar-refractivity contribution is -0.131. The first-order valence-electron chi connectivity index (χ1n) is 4.45. The Morgan fingerprint density at radius 1 is 1.46 bits per heavy atom. The minimum atomic E-state index is -0.918. The third-order valence-electron chi connectivity index (χ3n) is 1.88. The molecule has 0 amide bonds. The van der Waals surface area contributed by atoms with Gasteiger partial charge < -0.3 is 9.84 Å². The summed E-state index contributed by atoms with van der Waals surface area (Å²) >= 11 is 0. The second-order valence-electron chi connectivity index (χ2n) is 3.59. The average molecular weight is 186 g/mol. The van der Waals surface area contributed by atoms with Gasteiger partial charge in [0.25, 0.3) is 0 Å². The second kappa shape index (κ2) is 5.75. The van der Waals surface area contributed by atoms with Crippen molar-refractivity contribution in [3.8, 4) is 0 Å². The summed E-state index contributed by atoms with van der Waals surface area (Å²) in [7, 11) is 0. The average Bonchev–Trinajstić information content (AvgIpc) is 1.98. The summed E-state index contributed by atoms with van der Waals surface area (Å²) in [6.07, 6.45) is 1.34. The zero-order valence-corrected chi connectivity index (χ0v) is 8.70. The van der Waals surface area contributed by atoms with E-state index in [0.717, 1.165) is 5.57 Å². The maximum absolute atomic E-state index is 10.3. The van der Waals surface area contributed by atoms with Gasteiger partial charge in [-0.25, -0.2) is 4.79 Å². The Bertz CT molecular complexity index is 194. The van der Waals surface area contributed by atoms with E-state index in [4.69, 9.17) is 9.84 Å². The topological polar surface area (TPSA) is 46.5 Å². The van der Waals surface area contributed by atoms with Crippen molar-refractivity contribution in [2.24, 2.45) is 5.92 Å².